The third-order valence-electron chi connectivity index (χ3n) is 3.85. The van der Waals surface area contributed by atoms with Crippen molar-refractivity contribution in [2.45, 2.75) is 12.7 Å². The number of ether oxygens (including phenoxy) is 2. The fourth-order valence-electron chi connectivity index (χ4n) is 2.49. The number of hydrogen-bond acceptors (Lipinski definition) is 3. The lowest BCUT2D eigenvalue weighted by Gasteiger charge is -2.14. The Bertz CT molecular complexity index is 767. The van der Waals surface area contributed by atoms with E-state index in [1.807, 2.05) is 78.9 Å². The van der Waals surface area contributed by atoms with Crippen LogP contribution < -0.4 is 9.47 Å². The first-order valence-electron chi connectivity index (χ1n) is 7.85. The van der Waals surface area contributed by atoms with Gasteiger partial charge >= 0.3 is 0 Å². The van der Waals surface area contributed by atoms with Gasteiger partial charge in [0.25, 0.3) is 0 Å². The molecule has 0 aliphatic carbocycles. The fourth-order valence-corrected chi connectivity index (χ4v) is 2.49. The summed E-state index contributed by atoms with van der Waals surface area (Å²) in [5.41, 5.74) is 2.72. The molecule has 3 aromatic rings. The van der Waals surface area contributed by atoms with Crippen molar-refractivity contribution in [3.8, 4) is 11.5 Å². The van der Waals surface area contributed by atoms with E-state index in [4.69, 9.17) is 9.47 Å². The number of methoxy groups -OCH3 is 1. The van der Waals surface area contributed by atoms with Crippen LogP contribution in [-0.2, 0) is 6.61 Å². The lowest BCUT2D eigenvalue weighted by atomic mass is 10.0. The van der Waals surface area contributed by atoms with Gasteiger partial charge in [0.2, 0.25) is 0 Å². The molecule has 0 saturated carbocycles. The smallest absolute Gasteiger partial charge is 0.120 e. The number of benzene rings is 3. The van der Waals surface area contributed by atoms with Crippen LogP contribution in [0.3, 0.4) is 0 Å². The zero-order valence-electron chi connectivity index (χ0n) is 13.6. The lowest BCUT2D eigenvalue weighted by Crippen LogP contribution is -2.01. The minimum absolute atomic E-state index is 0.503. The van der Waals surface area contributed by atoms with Gasteiger partial charge in [0.1, 0.15) is 24.2 Å². The molecular weight excluding hydrogens is 300 g/mol. The molecule has 1 unspecified atom stereocenters. The molecule has 0 amide bonds. The average molecular weight is 320 g/mol. The zero-order chi connectivity index (χ0) is 16.8. The number of aliphatic hydroxyl groups is 1. The maximum absolute atomic E-state index is 10.6. The predicted molar refractivity (Wildman–Crippen MR) is 94.3 cm³/mol. The van der Waals surface area contributed by atoms with E-state index in [2.05, 4.69) is 0 Å². The summed E-state index contributed by atoms with van der Waals surface area (Å²) in [6, 6.07) is 25.0. The zero-order valence-corrected chi connectivity index (χ0v) is 13.6. The van der Waals surface area contributed by atoms with E-state index in [9.17, 15) is 5.11 Å². The van der Waals surface area contributed by atoms with Gasteiger partial charge in [-0.1, -0.05) is 54.6 Å². The van der Waals surface area contributed by atoms with Crippen molar-refractivity contribution in [2.75, 3.05) is 7.11 Å². The van der Waals surface area contributed by atoms with Crippen molar-refractivity contribution < 1.29 is 14.6 Å². The van der Waals surface area contributed by atoms with Crippen LogP contribution in [0.4, 0.5) is 0 Å². The summed E-state index contributed by atoms with van der Waals surface area (Å²) in [5.74, 6) is 1.51. The third-order valence-corrected chi connectivity index (χ3v) is 3.85. The minimum atomic E-state index is -0.698. The Morgan fingerprint density at radius 1 is 0.792 bits per heavy atom. The summed E-state index contributed by atoms with van der Waals surface area (Å²) in [5, 5.41) is 10.6. The molecule has 0 aliphatic heterocycles. The van der Waals surface area contributed by atoms with E-state index in [0.717, 1.165) is 28.2 Å². The molecule has 0 saturated heterocycles. The first-order chi connectivity index (χ1) is 11.8. The molecule has 0 spiro atoms. The van der Waals surface area contributed by atoms with Crippen LogP contribution in [0, 0.1) is 0 Å². The molecule has 1 N–H and O–H groups in total. The van der Waals surface area contributed by atoms with Gasteiger partial charge in [-0.25, -0.2) is 0 Å². The molecule has 0 aliphatic rings. The van der Waals surface area contributed by atoms with Crippen LogP contribution in [0.25, 0.3) is 0 Å². The molecular formula is C21H20O3. The standard InChI is InChI=1S/C21H20O3/c1-23-19-12-10-17(11-13-19)21(22)18-8-5-9-20(14-18)24-15-16-6-3-2-4-7-16/h2-14,21-22H,15H2,1H3. The number of aliphatic hydroxyl groups excluding tert-OH is 1. The molecule has 1 atom stereocenters. The molecule has 0 bridgehead atoms. The van der Waals surface area contributed by atoms with E-state index >= 15 is 0 Å². The Labute approximate surface area is 142 Å². The highest BCUT2D eigenvalue weighted by Crippen LogP contribution is 2.26. The Kier molecular flexibility index (Phi) is 5.14. The van der Waals surface area contributed by atoms with Crippen molar-refractivity contribution >= 4 is 0 Å². The third kappa shape index (κ3) is 3.94. The van der Waals surface area contributed by atoms with E-state index < -0.39 is 6.10 Å². The maximum atomic E-state index is 10.6. The molecule has 0 aromatic heterocycles. The maximum Gasteiger partial charge on any atom is 0.120 e. The number of rotatable bonds is 6. The monoisotopic (exact) mass is 320 g/mol. The lowest BCUT2D eigenvalue weighted by molar-refractivity contribution is 0.219. The molecule has 0 radical (unpaired) electrons. The van der Waals surface area contributed by atoms with E-state index in [1.54, 1.807) is 7.11 Å². The summed E-state index contributed by atoms with van der Waals surface area (Å²) in [4.78, 5) is 0. The molecule has 3 heteroatoms. The Hall–Kier alpha value is -2.78. The Morgan fingerprint density at radius 3 is 2.25 bits per heavy atom. The van der Waals surface area contributed by atoms with Gasteiger partial charge < -0.3 is 14.6 Å². The molecule has 3 aromatic carbocycles. The fraction of sp³-hybridized carbons (Fsp3) is 0.143. The first-order valence-corrected chi connectivity index (χ1v) is 7.85. The molecule has 0 fully saturated rings. The Morgan fingerprint density at radius 2 is 1.54 bits per heavy atom. The van der Waals surface area contributed by atoms with E-state index in [1.165, 1.54) is 0 Å². The second kappa shape index (κ2) is 7.66. The van der Waals surface area contributed by atoms with Gasteiger partial charge in [0.15, 0.2) is 0 Å². The van der Waals surface area contributed by atoms with Crippen molar-refractivity contribution in [1.82, 2.24) is 0 Å². The van der Waals surface area contributed by atoms with Crippen LogP contribution in [0.2, 0.25) is 0 Å². The van der Waals surface area contributed by atoms with Gasteiger partial charge in [0.05, 0.1) is 7.11 Å². The van der Waals surface area contributed by atoms with Crippen molar-refractivity contribution in [3.63, 3.8) is 0 Å². The summed E-state index contributed by atoms with van der Waals surface area (Å²) in [6.45, 7) is 0.503. The topological polar surface area (TPSA) is 38.7 Å². The normalized spacial score (nSPS) is 11.8. The molecule has 0 heterocycles. The largest absolute Gasteiger partial charge is 0.497 e. The van der Waals surface area contributed by atoms with Crippen LogP contribution in [-0.4, -0.2) is 12.2 Å². The van der Waals surface area contributed by atoms with E-state index in [0.29, 0.717) is 6.61 Å². The summed E-state index contributed by atoms with van der Waals surface area (Å²) < 4.78 is 11.0. The molecule has 24 heavy (non-hydrogen) atoms. The second-order valence-electron chi connectivity index (χ2n) is 5.52. The summed E-state index contributed by atoms with van der Waals surface area (Å²) >= 11 is 0. The molecule has 3 rings (SSSR count). The molecule has 122 valence electrons. The van der Waals surface area contributed by atoms with Gasteiger partial charge in [-0.2, -0.15) is 0 Å². The van der Waals surface area contributed by atoms with Crippen LogP contribution >= 0.6 is 0 Å². The van der Waals surface area contributed by atoms with Crippen LogP contribution in [0.5, 0.6) is 11.5 Å². The van der Waals surface area contributed by atoms with E-state index in [-0.39, 0.29) is 0 Å². The van der Waals surface area contributed by atoms with Crippen molar-refractivity contribution in [1.29, 1.82) is 0 Å². The van der Waals surface area contributed by atoms with Crippen molar-refractivity contribution in [2.24, 2.45) is 0 Å². The summed E-state index contributed by atoms with van der Waals surface area (Å²) in [6.07, 6.45) is -0.698. The highest BCUT2D eigenvalue weighted by Gasteiger charge is 2.11. The van der Waals surface area contributed by atoms with Crippen molar-refractivity contribution in [3.05, 3.63) is 95.6 Å². The van der Waals surface area contributed by atoms with Crippen LogP contribution in [0.1, 0.15) is 22.8 Å². The number of hydrogen-bond donors (Lipinski definition) is 1. The highest BCUT2D eigenvalue weighted by atomic mass is 16.5. The van der Waals surface area contributed by atoms with Crippen LogP contribution in [0.15, 0.2) is 78.9 Å². The first kappa shape index (κ1) is 16.1. The summed E-state index contributed by atoms with van der Waals surface area (Å²) in [7, 11) is 1.62. The van der Waals surface area contributed by atoms with Gasteiger partial charge in [-0.15, -0.1) is 0 Å². The quantitative estimate of drug-likeness (QED) is 0.733. The van der Waals surface area contributed by atoms with Gasteiger partial charge in [0, 0.05) is 0 Å². The predicted octanol–water partition coefficient (Wildman–Crippen LogP) is 4.36. The Balaban J connectivity index is 1.71. The van der Waals surface area contributed by atoms with Gasteiger partial charge in [-0.3, -0.25) is 0 Å². The molecule has 3 nitrogen and oxygen atoms in total. The van der Waals surface area contributed by atoms with Gasteiger partial charge in [-0.05, 0) is 41.0 Å². The highest BCUT2D eigenvalue weighted by molar-refractivity contribution is 5.37. The second-order valence-corrected chi connectivity index (χ2v) is 5.52. The SMILES string of the molecule is COc1ccc(C(O)c2cccc(OCc3ccccc3)c2)cc1. The minimum Gasteiger partial charge on any atom is -0.497 e. The average Bonchev–Trinajstić information content (AvgIpc) is 2.67.